The van der Waals surface area contributed by atoms with Crippen LogP contribution in [0.4, 0.5) is 10.8 Å². The molecule has 0 radical (unpaired) electrons. The van der Waals surface area contributed by atoms with Crippen molar-refractivity contribution in [1.82, 2.24) is 9.97 Å². The Labute approximate surface area is 209 Å². The van der Waals surface area contributed by atoms with Crippen LogP contribution in [0.1, 0.15) is 70.9 Å². The van der Waals surface area contributed by atoms with Gasteiger partial charge in [-0.3, -0.25) is 9.59 Å². The Kier molecular flexibility index (Phi) is 9.71. The van der Waals surface area contributed by atoms with Crippen molar-refractivity contribution in [1.29, 1.82) is 0 Å². The number of thioether (sulfide) groups is 1. The van der Waals surface area contributed by atoms with Crippen LogP contribution in [0.15, 0.2) is 51.4 Å². The molecule has 0 unspecified atom stereocenters. The number of para-hydroxylation sites is 1. The molecule has 2 amide bonds. The standard InChI is InChI=1S/C25H32N4O3S2/c1-25(2,3)19-15-26-22(32-19)17-33-23-16-27-24(34-23)29-21(31)14-10-5-4-9-13-20(30)28-18-11-7-6-8-12-18/h6-8,11-12,15-16H,4-5,9-10,13-14,17H2,1-3H3,(H,28,30)(H,27,29,31). The molecule has 3 aromatic rings. The fourth-order valence-corrected chi connectivity index (χ4v) is 4.83. The molecule has 0 fully saturated rings. The second-order valence-electron chi connectivity index (χ2n) is 9.02. The molecule has 1 aromatic carbocycles. The lowest BCUT2D eigenvalue weighted by Crippen LogP contribution is -2.11. The average molecular weight is 501 g/mol. The van der Waals surface area contributed by atoms with Crippen LogP contribution in [0.5, 0.6) is 0 Å². The van der Waals surface area contributed by atoms with Gasteiger partial charge in [-0.15, -0.1) is 11.8 Å². The van der Waals surface area contributed by atoms with E-state index in [0.29, 0.717) is 29.6 Å². The third kappa shape index (κ3) is 8.95. The van der Waals surface area contributed by atoms with Gasteiger partial charge in [-0.1, -0.05) is 63.1 Å². The fraction of sp³-hybridized carbons (Fsp3) is 0.440. The van der Waals surface area contributed by atoms with Gasteiger partial charge < -0.3 is 15.1 Å². The number of rotatable bonds is 12. The molecule has 0 saturated carbocycles. The van der Waals surface area contributed by atoms with Gasteiger partial charge >= 0.3 is 0 Å². The van der Waals surface area contributed by atoms with Crippen molar-refractivity contribution in [3.63, 3.8) is 0 Å². The summed E-state index contributed by atoms with van der Waals surface area (Å²) in [7, 11) is 0. The second-order valence-corrected chi connectivity index (χ2v) is 11.3. The predicted molar refractivity (Wildman–Crippen MR) is 138 cm³/mol. The zero-order chi connectivity index (χ0) is 24.4. The van der Waals surface area contributed by atoms with E-state index in [0.717, 1.165) is 41.3 Å². The Bertz CT molecular complexity index is 1060. The second kappa shape index (κ2) is 12.7. The first-order valence-corrected chi connectivity index (χ1v) is 13.3. The highest BCUT2D eigenvalue weighted by Gasteiger charge is 2.19. The van der Waals surface area contributed by atoms with Gasteiger partial charge in [0.15, 0.2) is 5.13 Å². The van der Waals surface area contributed by atoms with Gasteiger partial charge in [-0.2, -0.15) is 0 Å². The fourth-order valence-electron chi connectivity index (χ4n) is 3.09. The van der Waals surface area contributed by atoms with Gasteiger partial charge in [-0.05, 0) is 25.0 Å². The summed E-state index contributed by atoms with van der Waals surface area (Å²) < 4.78 is 6.81. The molecule has 2 aromatic heterocycles. The van der Waals surface area contributed by atoms with Crippen molar-refractivity contribution in [2.45, 2.75) is 74.7 Å². The minimum Gasteiger partial charge on any atom is -0.444 e. The molecule has 0 atom stereocenters. The summed E-state index contributed by atoms with van der Waals surface area (Å²) in [6.45, 7) is 6.27. The molecule has 182 valence electrons. The van der Waals surface area contributed by atoms with Crippen LogP contribution in [0.25, 0.3) is 0 Å². The number of hydrogen-bond acceptors (Lipinski definition) is 7. The van der Waals surface area contributed by atoms with Crippen molar-refractivity contribution in [3.8, 4) is 0 Å². The molecule has 7 nitrogen and oxygen atoms in total. The SMILES string of the molecule is CC(C)(C)c1cnc(CSc2cnc(NC(=O)CCCCCCC(=O)Nc3ccccc3)s2)o1. The number of anilines is 2. The molecule has 3 rings (SSSR count). The molecule has 0 aliphatic heterocycles. The Balaban J connectivity index is 1.27. The van der Waals surface area contributed by atoms with Crippen LogP contribution in [-0.2, 0) is 20.8 Å². The summed E-state index contributed by atoms with van der Waals surface area (Å²) in [5, 5.41) is 6.36. The topological polar surface area (TPSA) is 97.1 Å². The summed E-state index contributed by atoms with van der Waals surface area (Å²) >= 11 is 3.04. The van der Waals surface area contributed by atoms with E-state index >= 15 is 0 Å². The average Bonchev–Trinajstić information content (AvgIpc) is 3.45. The van der Waals surface area contributed by atoms with E-state index in [1.807, 2.05) is 30.3 Å². The minimum atomic E-state index is -0.0607. The number of hydrogen-bond donors (Lipinski definition) is 2. The maximum Gasteiger partial charge on any atom is 0.226 e. The maximum atomic E-state index is 12.2. The monoisotopic (exact) mass is 500 g/mol. The van der Waals surface area contributed by atoms with Crippen LogP contribution < -0.4 is 10.6 Å². The lowest BCUT2D eigenvalue weighted by Gasteiger charge is -2.12. The van der Waals surface area contributed by atoms with Crippen molar-refractivity contribution in [2.24, 2.45) is 0 Å². The zero-order valence-corrected chi connectivity index (χ0v) is 21.6. The number of aromatic nitrogens is 2. The van der Waals surface area contributed by atoms with Gasteiger partial charge in [-0.25, -0.2) is 9.97 Å². The number of oxazole rings is 1. The molecule has 0 bridgehead atoms. The largest absolute Gasteiger partial charge is 0.444 e. The van der Waals surface area contributed by atoms with Gasteiger partial charge in [0.2, 0.25) is 17.7 Å². The summed E-state index contributed by atoms with van der Waals surface area (Å²) in [4.78, 5) is 32.8. The minimum absolute atomic E-state index is 0.0267. The lowest BCUT2D eigenvalue weighted by atomic mass is 9.94. The summed E-state index contributed by atoms with van der Waals surface area (Å²) in [5.41, 5.74) is 0.759. The molecule has 0 spiro atoms. The molecule has 0 aliphatic rings. The highest BCUT2D eigenvalue weighted by atomic mass is 32.2. The molecular weight excluding hydrogens is 468 g/mol. The first-order chi connectivity index (χ1) is 16.3. The molecule has 2 N–H and O–H groups in total. The third-order valence-electron chi connectivity index (χ3n) is 4.98. The van der Waals surface area contributed by atoms with E-state index in [4.69, 9.17) is 4.42 Å². The summed E-state index contributed by atoms with van der Waals surface area (Å²) in [6, 6.07) is 9.46. The molecule has 0 aliphatic carbocycles. The molecule has 0 saturated heterocycles. The van der Waals surface area contributed by atoms with Crippen molar-refractivity contribution < 1.29 is 14.0 Å². The molecular formula is C25H32N4O3S2. The number of benzene rings is 1. The highest BCUT2D eigenvalue weighted by molar-refractivity contribution is 8.00. The number of amides is 2. The Morgan fingerprint density at radius 3 is 2.26 bits per heavy atom. The maximum absolute atomic E-state index is 12.2. The third-order valence-corrected chi connectivity index (χ3v) is 7.07. The van der Waals surface area contributed by atoms with Crippen LogP contribution in [-0.4, -0.2) is 21.8 Å². The van der Waals surface area contributed by atoms with E-state index in [1.165, 1.54) is 11.3 Å². The van der Waals surface area contributed by atoms with E-state index in [9.17, 15) is 9.59 Å². The Morgan fingerprint density at radius 2 is 1.62 bits per heavy atom. The van der Waals surface area contributed by atoms with Gasteiger partial charge in [0, 0.05) is 23.9 Å². The number of thiazole rings is 1. The van der Waals surface area contributed by atoms with Crippen LogP contribution in [0.2, 0.25) is 0 Å². The first-order valence-electron chi connectivity index (χ1n) is 11.5. The van der Waals surface area contributed by atoms with Gasteiger partial charge in [0.25, 0.3) is 0 Å². The molecule has 9 heteroatoms. The van der Waals surface area contributed by atoms with Gasteiger partial charge in [0.05, 0.1) is 22.4 Å². The summed E-state index contributed by atoms with van der Waals surface area (Å²) in [6.07, 6.45) is 7.93. The van der Waals surface area contributed by atoms with Crippen molar-refractivity contribution in [2.75, 3.05) is 10.6 Å². The molecule has 34 heavy (non-hydrogen) atoms. The Hall–Kier alpha value is -2.65. The predicted octanol–water partition coefficient (Wildman–Crippen LogP) is 6.64. The number of unbranched alkanes of at least 4 members (excludes halogenated alkanes) is 3. The van der Waals surface area contributed by atoms with E-state index in [2.05, 4.69) is 41.4 Å². The van der Waals surface area contributed by atoms with E-state index in [1.54, 1.807) is 24.2 Å². The normalized spacial score (nSPS) is 11.4. The first kappa shape index (κ1) is 26.0. The van der Waals surface area contributed by atoms with Crippen molar-refractivity contribution in [3.05, 3.63) is 54.4 Å². The molecule has 2 heterocycles. The number of carbonyl (C=O) groups excluding carboxylic acids is 2. The lowest BCUT2D eigenvalue weighted by molar-refractivity contribution is -0.117. The number of nitrogens with one attached hydrogen (secondary N) is 2. The highest BCUT2D eigenvalue weighted by Crippen LogP contribution is 2.31. The number of carbonyl (C=O) groups is 2. The van der Waals surface area contributed by atoms with E-state index in [-0.39, 0.29) is 17.2 Å². The quantitative estimate of drug-likeness (QED) is 0.214. The van der Waals surface area contributed by atoms with Gasteiger partial charge in [0.1, 0.15) is 5.76 Å². The van der Waals surface area contributed by atoms with Crippen molar-refractivity contribution >= 4 is 45.7 Å². The Morgan fingerprint density at radius 1 is 0.941 bits per heavy atom. The van der Waals surface area contributed by atoms with Crippen LogP contribution >= 0.6 is 23.1 Å². The zero-order valence-electron chi connectivity index (χ0n) is 19.9. The summed E-state index contributed by atoms with van der Waals surface area (Å²) in [5.74, 6) is 2.17. The number of nitrogens with zero attached hydrogens (tertiary/aromatic N) is 2. The van der Waals surface area contributed by atoms with Crippen LogP contribution in [0, 0.1) is 0 Å². The van der Waals surface area contributed by atoms with E-state index < -0.39 is 0 Å². The van der Waals surface area contributed by atoms with Crippen LogP contribution in [0.3, 0.4) is 0 Å². The smallest absolute Gasteiger partial charge is 0.226 e.